The minimum absolute atomic E-state index is 0.616. The quantitative estimate of drug-likeness (QED) is 0.603. The molecule has 4 heteroatoms. The highest BCUT2D eigenvalue weighted by Gasteiger charge is 2.15. The van der Waals surface area contributed by atoms with Crippen molar-refractivity contribution in [2.24, 2.45) is 0 Å². The van der Waals surface area contributed by atoms with Crippen molar-refractivity contribution >= 4 is 5.82 Å². The number of aromatic nitrogens is 2. The maximum atomic E-state index is 13.0. The van der Waals surface area contributed by atoms with E-state index in [-0.39, 0.29) is 0 Å². The summed E-state index contributed by atoms with van der Waals surface area (Å²) in [6.07, 6.45) is 5.93. The predicted molar refractivity (Wildman–Crippen MR) is 68.8 cm³/mol. The van der Waals surface area contributed by atoms with Crippen LogP contribution < -0.4 is 5.32 Å². The summed E-state index contributed by atoms with van der Waals surface area (Å²) in [5, 5.41) is 2.93. The number of fused-ring (bicyclic) bond motifs is 1. The van der Waals surface area contributed by atoms with Crippen LogP contribution in [0, 0.1) is 6.08 Å². The monoisotopic (exact) mass is 239 g/mol. The van der Waals surface area contributed by atoms with Crippen LogP contribution in [0.5, 0.6) is 0 Å². The topological polar surface area (TPSA) is 37.8 Å². The first-order chi connectivity index (χ1) is 8.22. The second-order valence-corrected chi connectivity index (χ2v) is 4.28. The van der Waals surface area contributed by atoms with Crippen molar-refractivity contribution in [3.63, 3.8) is 0 Å². The number of hydrogen-bond acceptors (Lipinski definition) is 3. The van der Waals surface area contributed by atoms with E-state index in [0.717, 1.165) is 36.9 Å². The minimum Gasteiger partial charge on any atom is -0.373 e. The molecule has 0 fully saturated rings. The zero-order valence-electron chi connectivity index (χ0n) is 11.0. The Morgan fingerprint density at radius 3 is 2.41 bits per heavy atom. The third-order valence-corrected chi connectivity index (χ3v) is 2.64. The number of hydrogen-bond donors (Lipinski definition) is 1. The second kappa shape index (κ2) is 7.20. The van der Waals surface area contributed by atoms with E-state index in [1.54, 1.807) is 7.05 Å². The van der Waals surface area contributed by atoms with Gasteiger partial charge in [0.1, 0.15) is 5.82 Å². The first kappa shape index (κ1) is 13.9. The molecule has 0 atom stereocenters. The standard InChI is InChI=1S/C10H14FN3.C3H8/c1-12-9-7-5-3-2-4-6-8(7)13-10(11)14-9;1-3-2/h2-6H2,1H3,(H,12,13,14);3H2,1-2H3. The Hall–Kier alpha value is -1.19. The van der Waals surface area contributed by atoms with Gasteiger partial charge in [0.05, 0.1) is 5.69 Å². The first-order valence-corrected chi connectivity index (χ1v) is 6.45. The second-order valence-electron chi connectivity index (χ2n) is 4.28. The Morgan fingerprint density at radius 2 is 1.76 bits per heavy atom. The highest BCUT2D eigenvalue weighted by atomic mass is 19.1. The van der Waals surface area contributed by atoms with Crippen LogP contribution in [-0.2, 0) is 12.8 Å². The molecule has 0 spiro atoms. The molecule has 1 heterocycles. The zero-order chi connectivity index (χ0) is 12.7. The molecular formula is C13H22FN3. The maximum absolute atomic E-state index is 13.0. The van der Waals surface area contributed by atoms with Gasteiger partial charge in [-0.15, -0.1) is 0 Å². The Balaban J connectivity index is 0.000000437. The highest BCUT2D eigenvalue weighted by Crippen LogP contribution is 2.23. The lowest BCUT2D eigenvalue weighted by molar-refractivity contribution is 0.531. The summed E-state index contributed by atoms with van der Waals surface area (Å²) in [5.74, 6) is 0.661. The van der Waals surface area contributed by atoms with Gasteiger partial charge in [-0.2, -0.15) is 9.37 Å². The summed E-state index contributed by atoms with van der Waals surface area (Å²) in [4.78, 5) is 7.62. The molecule has 0 saturated carbocycles. The van der Waals surface area contributed by atoms with Crippen molar-refractivity contribution in [2.75, 3.05) is 12.4 Å². The summed E-state index contributed by atoms with van der Waals surface area (Å²) in [6, 6.07) is 0. The van der Waals surface area contributed by atoms with E-state index in [1.165, 1.54) is 12.8 Å². The van der Waals surface area contributed by atoms with Crippen LogP contribution in [0.25, 0.3) is 0 Å². The predicted octanol–water partition coefficient (Wildman–Crippen LogP) is 3.34. The van der Waals surface area contributed by atoms with Gasteiger partial charge in [-0.1, -0.05) is 26.7 Å². The van der Waals surface area contributed by atoms with Gasteiger partial charge in [0.15, 0.2) is 0 Å². The average Bonchev–Trinajstić information content (AvgIpc) is 2.54. The largest absolute Gasteiger partial charge is 0.373 e. The third kappa shape index (κ3) is 3.95. The minimum atomic E-state index is -0.616. The maximum Gasteiger partial charge on any atom is 0.310 e. The van der Waals surface area contributed by atoms with Gasteiger partial charge in [0.2, 0.25) is 0 Å². The first-order valence-electron chi connectivity index (χ1n) is 6.45. The SMILES string of the molecule is CCC.CNc1nc(F)nc2c1CCCCC2. The molecule has 0 saturated heterocycles. The van der Waals surface area contributed by atoms with Crippen molar-refractivity contribution in [3.05, 3.63) is 17.3 Å². The normalized spacial score (nSPS) is 14.1. The lowest BCUT2D eigenvalue weighted by atomic mass is 10.1. The Kier molecular flexibility index (Phi) is 5.87. The lowest BCUT2D eigenvalue weighted by Crippen LogP contribution is -2.07. The van der Waals surface area contributed by atoms with E-state index in [9.17, 15) is 4.39 Å². The van der Waals surface area contributed by atoms with E-state index in [2.05, 4.69) is 29.1 Å². The summed E-state index contributed by atoms with van der Waals surface area (Å²) < 4.78 is 13.0. The van der Waals surface area contributed by atoms with E-state index >= 15 is 0 Å². The molecule has 3 nitrogen and oxygen atoms in total. The van der Waals surface area contributed by atoms with Crippen LogP contribution in [0.3, 0.4) is 0 Å². The number of anilines is 1. The van der Waals surface area contributed by atoms with Crippen LogP contribution in [0.2, 0.25) is 0 Å². The molecular weight excluding hydrogens is 217 g/mol. The molecule has 1 aromatic rings. The van der Waals surface area contributed by atoms with Crippen molar-refractivity contribution in [1.82, 2.24) is 9.97 Å². The average molecular weight is 239 g/mol. The molecule has 1 aliphatic carbocycles. The van der Waals surface area contributed by atoms with Gasteiger partial charge in [0.25, 0.3) is 0 Å². The molecule has 0 amide bonds. The molecule has 2 rings (SSSR count). The Morgan fingerprint density at radius 1 is 1.12 bits per heavy atom. The highest BCUT2D eigenvalue weighted by molar-refractivity contribution is 5.46. The van der Waals surface area contributed by atoms with Gasteiger partial charge in [-0.25, -0.2) is 4.98 Å². The van der Waals surface area contributed by atoms with Crippen molar-refractivity contribution in [1.29, 1.82) is 0 Å². The van der Waals surface area contributed by atoms with Gasteiger partial charge in [-0.3, -0.25) is 0 Å². The van der Waals surface area contributed by atoms with Crippen molar-refractivity contribution in [2.45, 2.75) is 52.4 Å². The van der Waals surface area contributed by atoms with E-state index < -0.39 is 6.08 Å². The molecule has 17 heavy (non-hydrogen) atoms. The summed E-state index contributed by atoms with van der Waals surface area (Å²) >= 11 is 0. The number of nitrogens with zero attached hydrogens (tertiary/aromatic N) is 2. The van der Waals surface area contributed by atoms with Crippen LogP contribution in [-0.4, -0.2) is 17.0 Å². The number of halogens is 1. The van der Waals surface area contributed by atoms with E-state index in [0.29, 0.717) is 5.82 Å². The number of nitrogens with one attached hydrogen (secondary N) is 1. The molecule has 0 bridgehead atoms. The van der Waals surface area contributed by atoms with E-state index in [4.69, 9.17) is 0 Å². The van der Waals surface area contributed by atoms with Crippen molar-refractivity contribution in [3.8, 4) is 0 Å². The molecule has 0 radical (unpaired) electrons. The lowest BCUT2D eigenvalue weighted by Gasteiger charge is -2.09. The van der Waals surface area contributed by atoms with Crippen LogP contribution >= 0.6 is 0 Å². The molecule has 1 aromatic heterocycles. The van der Waals surface area contributed by atoms with Crippen molar-refractivity contribution < 1.29 is 4.39 Å². The van der Waals surface area contributed by atoms with E-state index in [1.807, 2.05) is 0 Å². The summed E-state index contributed by atoms with van der Waals surface area (Å²) in [6.45, 7) is 4.25. The van der Waals surface area contributed by atoms with Crippen LogP contribution in [0.15, 0.2) is 0 Å². The summed E-state index contributed by atoms with van der Waals surface area (Å²) in [5.41, 5.74) is 1.99. The van der Waals surface area contributed by atoms with Crippen LogP contribution in [0.1, 0.15) is 50.8 Å². The van der Waals surface area contributed by atoms with Gasteiger partial charge < -0.3 is 5.32 Å². The number of aryl methyl sites for hydroxylation is 1. The molecule has 1 N–H and O–H groups in total. The molecule has 0 aromatic carbocycles. The van der Waals surface area contributed by atoms with Gasteiger partial charge >= 0.3 is 6.08 Å². The Bertz CT molecular complexity index is 353. The smallest absolute Gasteiger partial charge is 0.310 e. The molecule has 0 aliphatic heterocycles. The summed E-state index contributed by atoms with van der Waals surface area (Å²) in [7, 11) is 1.77. The molecule has 1 aliphatic rings. The van der Waals surface area contributed by atoms with Gasteiger partial charge in [0, 0.05) is 12.6 Å². The third-order valence-electron chi connectivity index (χ3n) is 2.64. The van der Waals surface area contributed by atoms with Crippen LogP contribution in [0.4, 0.5) is 10.2 Å². The van der Waals surface area contributed by atoms with Gasteiger partial charge in [-0.05, 0) is 25.7 Å². The Labute approximate surface area is 103 Å². The zero-order valence-corrected chi connectivity index (χ0v) is 11.0. The fourth-order valence-corrected chi connectivity index (χ4v) is 1.95. The molecule has 96 valence electrons. The number of rotatable bonds is 1. The fourth-order valence-electron chi connectivity index (χ4n) is 1.95. The fraction of sp³-hybridized carbons (Fsp3) is 0.692. The molecule has 0 unspecified atom stereocenters.